The Bertz CT molecular complexity index is 850. The predicted molar refractivity (Wildman–Crippen MR) is 129 cm³/mol. The van der Waals surface area contributed by atoms with Gasteiger partial charge in [-0.05, 0) is 41.8 Å². The molecule has 1 saturated heterocycles. The Hall–Kier alpha value is -2.08. The molecule has 0 N–H and O–H groups in total. The number of carbonyl (C=O) groups is 1. The molecular weight excluding hydrogens is 424 g/mol. The van der Waals surface area contributed by atoms with Gasteiger partial charge in [-0.25, -0.2) is 0 Å². The van der Waals surface area contributed by atoms with Crippen molar-refractivity contribution in [2.75, 3.05) is 39.8 Å². The van der Waals surface area contributed by atoms with Crippen molar-refractivity contribution >= 4 is 17.5 Å². The first-order valence-corrected chi connectivity index (χ1v) is 11.9. The fourth-order valence-electron chi connectivity index (χ4n) is 4.14. The number of hydrogen-bond donors (Lipinski definition) is 0. The van der Waals surface area contributed by atoms with Crippen molar-refractivity contribution in [2.24, 2.45) is 5.92 Å². The molecule has 0 bridgehead atoms. The van der Waals surface area contributed by atoms with Gasteiger partial charge >= 0.3 is 0 Å². The van der Waals surface area contributed by atoms with Crippen molar-refractivity contribution in [3.8, 4) is 5.75 Å². The SMILES string of the molecule is CCCC(C)C(=O)N1CCN(CC(OCc2cccc(OC)c2)c2ccc(Cl)cc2)CC1. The summed E-state index contributed by atoms with van der Waals surface area (Å²) < 4.78 is 11.7. The van der Waals surface area contributed by atoms with Crippen LogP contribution in [0.3, 0.4) is 0 Å². The van der Waals surface area contributed by atoms with Crippen LogP contribution in [0.15, 0.2) is 48.5 Å². The van der Waals surface area contributed by atoms with Gasteiger partial charge in [0.25, 0.3) is 0 Å². The van der Waals surface area contributed by atoms with Crippen LogP contribution in [-0.2, 0) is 16.1 Å². The van der Waals surface area contributed by atoms with E-state index in [9.17, 15) is 4.79 Å². The number of benzene rings is 2. The molecule has 0 saturated carbocycles. The molecule has 1 amide bonds. The summed E-state index contributed by atoms with van der Waals surface area (Å²) in [5, 5.41) is 0.716. The third-order valence-electron chi connectivity index (χ3n) is 6.08. The van der Waals surface area contributed by atoms with E-state index < -0.39 is 0 Å². The highest BCUT2D eigenvalue weighted by molar-refractivity contribution is 6.30. The molecule has 0 spiro atoms. The van der Waals surface area contributed by atoms with Gasteiger partial charge in [-0.2, -0.15) is 0 Å². The summed E-state index contributed by atoms with van der Waals surface area (Å²) in [7, 11) is 1.67. The van der Waals surface area contributed by atoms with Crippen molar-refractivity contribution in [3.05, 3.63) is 64.7 Å². The molecule has 1 heterocycles. The number of ether oxygens (including phenoxy) is 2. The number of nitrogens with zero attached hydrogens (tertiary/aromatic N) is 2. The highest BCUT2D eigenvalue weighted by Crippen LogP contribution is 2.24. The van der Waals surface area contributed by atoms with Crippen LogP contribution >= 0.6 is 11.6 Å². The maximum atomic E-state index is 12.6. The van der Waals surface area contributed by atoms with Gasteiger partial charge in [-0.3, -0.25) is 9.69 Å². The van der Waals surface area contributed by atoms with E-state index in [1.54, 1.807) is 7.11 Å². The van der Waals surface area contributed by atoms with Gasteiger partial charge < -0.3 is 14.4 Å². The Morgan fingerprint density at radius 1 is 1.09 bits per heavy atom. The van der Waals surface area contributed by atoms with Crippen LogP contribution in [0.2, 0.25) is 5.02 Å². The molecule has 2 atom stereocenters. The summed E-state index contributed by atoms with van der Waals surface area (Å²) in [4.78, 5) is 17.0. The molecule has 2 unspecified atom stereocenters. The standard InChI is InChI=1S/C26H35ClN2O3/c1-4-6-20(2)26(30)29-15-13-28(14-16-29)18-25(22-9-11-23(27)12-10-22)32-19-21-7-5-8-24(17-21)31-3/h5,7-12,17,20,25H,4,6,13-16,18-19H2,1-3H3. The molecule has 2 aromatic carbocycles. The maximum absolute atomic E-state index is 12.6. The summed E-state index contributed by atoms with van der Waals surface area (Å²) in [5.74, 6) is 1.22. The van der Waals surface area contributed by atoms with Gasteiger partial charge in [-0.15, -0.1) is 0 Å². The summed E-state index contributed by atoms with van der Waals surface area (Å²) in [6.07, 6.45) is 1.91. The quantitative estimate of drug-likeness (QED) is 0.491. The molecule has 2 aromatic rings. The van der Waals surface area contributed by atoms with E-state index in [-0.39, 0.29) is 17.9 Å². The minimum absolute atomic E-state index is 0.0836. The average molecular weight is 459 g/mol. The molecule has 0 aliphatic carbocycles. The van der Waals surface area contributed by atoms with Gasteiger partial charge in [0.1, 0.15) is 5.75 Å². The van der Waals surface area contributed by atoms with Crippen molar-refractivity contribution in [2.45, 2.75) is 39.4 Å². The van der Waals surface area contributed by atoms with E-state index in [0.29, 0.717) is 11.6 Å². The average Bonchev–Trinajstić information content (AvgIpc) is 2.82. The highest BCUT2D eigenvalue weighted by Gasteiger charge is 2.26. The molecule has 5 nitrogen and oxygen atoms in total. The lowest BCUT2D eigenvalue weighted by Crippen LogP contribution is -2.50. The molecule has 174 valence electrons. The Labute approximate surface area is 197 Å². The Kier molecular flexibility index (Phi) is 9.39. The molecule has 3 rings (SSSR count). The van der Waals surface area contributed by atoms with Gasteiger partial charge in [0.05, 0.1) is 19.8 Å². The van der Waals surface area contributed by atoms with Crippen LogP contribution in [0.1, 0.15) is 43.9 Å². The number of methoxy groups -OCH3 is 1. The Morgan fingerprint density at radius 2 is 1.81 bits per heavy atom. The van der Waals surface area contributed by atoms with Crippen LogP contribution in [0, 0.1) is 5.92 Å². The first-order chi connectivity index (χ1) is 15.5. The number of amides is 1. The summed E-state index contributed by atoms with van der Waals surface area (Å²) in [6, 6.07) is 15.8. The van der Waals surface area contributed by atoms with Crippen LogP contribution in [0.5, 0.6) is 5.75 Å². The van der Waals surface area contributed by atoms with Crippen LogP contribution < -0.4 is 4.74 Å². The monoisotopic (exact) mass is 458 g/mol. The van der Waals surface area contributed by atoms with E-state index in [2.05, 4.69) is 11.8 Å². The second-order valence-corrected chi connectivity index (χ2v) is 8.95. The smallest absolute Gasteiger partial charge is 0.225 e. The maximum Gasteiger partial charge on any atom is 0.225 e. The zero-order valence-electron chi connectivity index (χ0n) is 19.4. The lowest BCUT2D eigenvalue weighted by atomic mass is 10.0. The van der Waals surface area contributed by atoms with E-state index in [1.807, 2.05) is 60.4 Å². The third-order valence-corrected chi connectivity index (χ3v) is 6.33. The van der Waals surface area contributed by atoms with Crippen molar-refractivity contribution < 1.29 is 14.3 Å². The lowest BCUT2D eigenvalue weighted by Gasteiger charge is -2.37. The highest BCUT2D eigenvalue weighted by atomic mass is 35.5. The molecule has 6 heteroatoms. The van der Waals surface area contributed by atoms with Crippen LogP contribution in [0.25, 0.3) is 0 Å². The lowest BCUT2D eigenvalue weighted by molar-refractivity contribution is -0.137. The number of hydrogen-bond acceptors (Lipinski definition) is 4. The van der Waals surface area contributed by atoms with Crippen molar-refractivity contribution in [1.82, 2.24) is 9.80 Å². The molecule has 1 fully saturated rings. The Morgan fingerprint density at radius 3 is 2.47 bits per heavy atom. The van der Waals surface area contributed by atoms with Gasteiger partial charge in [0.15, 0.2) is 0 Å². The molecule has 1 aliphatic rings. The largest absolute Gasteiger partial charge is 0.497 e. The third kappa shape index (κ3) is 6.96. The van der Waals surface area contributed by atoms with Crippen molar-refractivity contribution in [3.63, 3.8) is 0 Å². The zero-order chi connectivity index (χ0) is 22.9. The predicted octanol–water partition coefficient (Wildman–Crippen LogP) is 5.19. The fraction of sp³-hybridized carbons (Fsp3) is 0.500. The van der Waals surface area contributed by atoms with E-state index in [0.717, 1.165) is 62.4 Å². The number of rotatable bonds is 10. The van der Waals surface area contributed by atoms with E-state index in [4.69, 9.17) is 21.1 Å². The van der Waals surface area contributed by atoms with Gasteiger partial charge in [0.2, 0.25) is 5.91 Å². The van der Waals surface area contributed by atoms with E-state index >= 15 is 0 Å². The van der Waals surface area contributed by atoms with E-state index in [1.165, 1.54) is 0 Å². The zero-order valence-corrected chi connectivity index (χ0v) is 20.2. The fourth-order valence-corrected chi connectivity index (χ4v) is 4.27. The van der Waals surface area contributed by atoms with Gasteiger partial charge in [0, 0.05) is 43.7 Å². The second-order valence-electron chi connectivity index (χ2n) is 8.52. The summed E-state index contributed by atoms with van der Waals surface area (Å²) in [6.45, 7) is 8.71. The first kappa shape index (κ1) is 24.6. The van der Waals surface area contributed by atoms with Gasteiger partial charge in [-0.1, -0.05) is 56.1 Å². The molecule has 0 aromatic heterocycles. The number of carbonyl (C=O) groups excluding carboxylic acids is 1. The summed E-state index contributed by atoms with van der Waals surface area (Å²) >= 11 is 6.11. The second kappa shape index (κ2) is 12.2. The minimum Gasteiger partial charge on any atom is -0.497 e. The number of piperazine rings is 1. The number of halogens is 1. The Balaban J connectivity index is 1.62. The molecule has 1 aliphatic heterocycles. The van der Waals surface area contributed by atoms with Crippen molar-refractivity contribution in [1.29, 1.82) is 0 Å². The van der Waals surface area contributed by atoms with Crippen LogP contribution in [-0.4, -0.2) is 55.5 Å². The minimum atomic E-state index is -0.0836. The summed E-state index contributed by atoms with van der Waals surface area (Å²) in [5.41, 5.74) is 2.18. The molecule has 32 heavy (non-hydrogen) atoms. The molecular formula is C26H35ClN2O3. The first-order valence-electron chi connectivity index (χ1n) is 11.5. The topological polar surface area (TPSA) is 42.0 Å². The molecule has 0 radical (unpaired) electrons. The van der Waals surface area contributed by atoms with Crippen LogP contribution in [0.4, 0.5) is 0 Å². The normalized spacial score (nSPS) is 16.6.